The van der Waals surface area contributed by atoms with Crippen molar-refractivity contribution in [2.24, 2.45) is 0 Å². The maximum absolute atomic E-state index is 11.9. The molecule has 0 aromatic rings. The molecule has 0 aliphatic carbocycles. The van der Waals surface area contributed by atoms with Gasteiger partial charge in [0.05, 0.1) is 0 Å². The molecule has 0 radical (unpaired) electrons. The quantitative estimate of drug-likeness (QED) is 0.273. The van der Waals surface area contributed by atoms with E-state index in [-0.39, 0.29) is 13.8 Å². The second kappa shape index (κ2) is 10.7. The fourth-order valence-corrected chi connectivity index (χ4v) is 3.78. The SMILES string of the molecule is CC(F)(F)C(=O)[O-].CC(F)(F)S(=O)(=O)[O-].CC[C-](S(=O)(=O)C(F)(F)F)S(=O)(=O)C(F)(F)F. The van der Waals surface area contributed by atoms with Crippen LogP contribution in [0.15, 0.2) is 0 Å². The number of hydrogen-bond acceptors (Lipinski definition) is 9. The summed E-state index contributed by atoms with van der Waals surface area (Å²) in [5.41, 5.74) is -12.2. The van der Waals surface area contributed by atoms with Crippen molar-refractivity contribution in [3.05, 3.63) is 4.58 Å². The van der Waals surface area contributed by atoms with Crippen molar-refractivity contribution >= 4 is 35.8 Å². The highest BCUT2D eigenvalue weighted by Crippen LogP contribution is 2.41. The predicted molar refractivity (Wildman–Crippen MR) is 79.4 cm³/mol. The Kier molecular flexibility index (Phi) is 11.7. The van der Waals surface area contributed by atoms with Gasteiger partial charge < -0.3 is 14.5 Å². The first-order valence-electron chi connectivity index (χ1n) is 6.80. The molecule has 32 heavy (non-hydrogen) atoms. The maximum atomic E-state index is 11.9. The summed E-state index contributed by atoms with van der Waals surface area (Å²) in [5.74, 6) is -6.03. The van der Waals surface area contributed by atoms with Crippen LogP contribution in [0, 0.1) is 4.58 Å². The minimum Gasteiger partial charge on any atom is -0.743 e. The highest BCUT2D eigenvalue weighted by molar-refractivity contribution is 8.13. The molecule has 0 aliphatic rings. The molecule has 0 rings (SSSR count). The Morgan fingerprint density at radius 1 is 0.750 bits per heavy atom. The van der Waals surface area contributed by atoms with Gasteiger partial charge in [-0.3, -0.25) is 16.8 Å². The highest BCUT2D eigenvalue weighted by Gasteiger charge is 2.53. The van der Waals surface area contributed by atoms with Crippen molar-refractivity contribution in [3.63, 3.8) is 0 Å². The first kappa shape index (κ1) is 35.2. The minimum atomic E-state index is -6.52. The second-order valence-electron chi connectivity index (χ2n) is 5.06. The van der Waals surface area contributed by atoms with Gasteiger partial charge in [-0.2, -0.15) is 41.5 Å². The molecule has 0 spiro atoms. The molecule has 0 amide bonds. The van der Waals surface area contributed by atoms with Crippen LogP contribution < -0.4 is 5.11 Å². The first-order chi connectivity index (χ1) is 13.4. The second-order valence-corrected chi connectivity index (χ2v) is 10.9. The molecule has 0 N–H and O–H groups in total. The van der Waals surface area contributed by atoms with E-state index in [0.717, 1.165) is 0 Å². The maximum Gasteiger partial charge on any atom is 0.469 e. The smallest absolute Gasteiger partial charge is 0.469 e. The van der Waals surface area contributed by atoms with Gasteiger partial charge in [0, 0.05) is 13.8 Å². The van der Waals surface area contributed by atoms with Gasteiger partial charge in [-0.1, -0.05) is 11.5 Å². The summed E-state index contributed by atoms with van der Waals surface area (Å²) in [5, 5.41) is 5.01. The van der Waals surface area contributed by atoms with E-state index < -0.39 is 69.0 Å². The molecular formula is C10H11F10O9S3-3. The minimum absolute atomic E-state index is 0.0370. The number of carboxylic acid groups (broad SMARTS) is 1. The Hall–Kier alpha value is -1.42. The number of carbonyl (C=O) groups is 1. The predicted octanol–water partition coefficient (Wildman–Crippen LogP) is 1.29. The van der Waals surface area contributed by atoms with E-state index in [0.29, 0.717) is 6.92 Å². The van der Waals surface area contributed by atoms with E-state index in [1.165, 1.54) is 0 Å². The third-order valence-corrected chi connectivity index (χ3v) is 7.48. The Morgan fingerprint density at radius 3 is 1.00 bits per heavy atom. The molecule has 0 atom stereocenters. The van der Waals surface area contributed by atoms with E-state index in [2.05, 4.69) is 0 Å². The molecule has 0 aromatic carbocycles. The number of carbonyl (C=O) groups excluding carboxylic acids is 1. The topological polar surface area (TPSA) is 166 Å². The molecule has 0 unspecified atom stereocenters. The van der Waals surface area contributed by atoms with Crippen molar-refractivity contribution in [3.8, 4) is 0 Å². The van der Waals surface area contributed by atoms with Gasteiger partial charge in [-0.25, -0.2) is 17.2 Å². The Labute approximate surface area is 174 Å². The molecule has 0 fully saturated rings. The monoisotopic (exact) mass is 561 g/mol. The summed E-state index contributed by atoms with van der Waals surface area (Å²) in [6.45, 7) is 0.861. The standard InChI is InChI=1S/C5H5F6O4S2.C3H4F2O2.C2H4F2O3S/c1-2-3(16(12,13)4(6,7)8)17(14,15)5(9,10)11;1-3(4,5)2(6)7;1-2(3,4)8(5,6)7/h2H2,1H3;1H3,(H,6,7);1H3,(H,5,6,7)/q-1;;/p-2. The summed E-state index contributed by atoms with van der Waals surface area (Å²) < 4.78 is 185. The normalized spacial score (nSPS) is 14.1. The van der Waals surface area contributed by atoms with Crippen LogP contribution in [0.25, 0.3) is 0 Å². The molecule has 0 saturated carbocycles. The van der Waals surface area contributed by atoms with Crippen molar-refractivity contribution in [2.45, 2.75) is 49.4 Å². The zero-order valence-electron chi connectivity index (χ0n) is 15.4. The van der Waals surface area contributed by atoms with Gasteiger partial charge in [0.15, 0.2) is 10.1 Å². The third-order valence-electron chi connectivity index (χ3n) is 2.29. The highest BCUT2D eigenvalue weighted by atomic mass is 32.3. The average Bonchev–Trinajstić information content (AvgIpc) is 2.42. The third kappa shape index (κ3) is 10.5. The fraction of sp³-hybridized carbons (Fsp3) is 0.800. The van der Waals surface area contributed by atoms with Crippen LogP contribution in [-0.4, -0.2) is 58.0 Å². The van der Waals surface area contributed by atoms with Crippen LogP contribution in [0.1, 0.15) is 27.2 Å². The van der Waals surface area contributed by atoms with E-state index in [4.69, 9.17) is 9.90 Å². The summed E-state index contributed by atoms with van der Waals surface area (Å²) in [7, 11) is -18.5. The Balaban J connectivity index is -0.000000464. The van der Waals surface area contributed by atoms with Gasteiger partial charge >= 0.3 is 16.3 Å². The lowest BCUT2D eigenvalue weighted by molar-refractivity contribution is -0.327. The van der Waals surface area contributed by atoms with Gasteiger partial charge in [0.1, 0.15) is 25.6 Å². The summed E-state index contributed by atoms with van der Waals surface area (Å²) in [6.07, 6.45) is -1.44. The molecule has 0 aliphatic heterocycles. The molecular weight excluding hydrogens is 550 g/mol. The largest absolute Gasteiger partial charge is 0.743 e. The number of aliphatic carboxylic acids is 1. The van der Waals surface area contributed by atoms with Gasteiger partial charge in [-0.05, 0) is 0 Å². The summed E-state index contributed by atoms with van der Waals surface area (Å²) in [6, 6.07) is 0. The van der Waals surface area contributed by atoms with E-state index in [1.807, 2.05) is 0 Å². The molecule has 22 heteroatoms. The van der Waals surface area contributed by atoms with Crippen LogP contribution in [0.4, 0.5) is 43.9 Å². The van der Waals surface area contributed by atoms with E-state index in [1.54, 1.807) is 0 Å². The van der Waals surface area contributed by atoms with Crippen LogP contribution in [-0.2, 0) is 34.6 Å². The summed E-state index contributed by atoms with van der Waals surface area (Å²) in [4.78, 5) is 9.16. The average molecular weight is 561 g/mol. The fourth-order valence-electron chi connectivity index (χ4n) is 0.783. The number of hydrogen-bond donors (Lipinski definition) is 0. The molecule has 0 saturated heterocycles. The number of rotatable bonds is 5. The van der Waals surface area contributed by atoms with Crippen molar-refractivity contribution in [1.82, 2.24) is 0 Å². The first-order valence-corrected chi connectivity index (χ1v) is 11.2. The van der Waals surface area contributed by atoms with Gasteiger partial charge in [-0.15, -0.1) is 0 Å². The van der Waals surface area contributed by atoms with E-state index >= 15 is 0 Å². The Bertz CT molecular complexity index is 892. The summed E-state index contributed by atoms with van der Waals surface area (Å²) >= 11 is 0. The number of halogens is 10. The van der Waals surface area contributed by atoms with Crippen LogP contribution >= 0.6 is 0 Å². The molecule has 0 aromatic heterocycles. The van der Waals surface area contributed by atoms with Crippen LogP contribution in [0.3, 0.4) is 0 Å². The molecule has 9 nitrogen and oxygen atoms in total. The van der Waals surface area contributed by atoms with Gasteiger partial charge in [0.25, 0.3) is 5.92 Å². The number of carboxylic acids is 1. The van der Waals surface area contributed by atoms with Crippen molar-refractivity contribution in [2.75, 3.05) is 0 Å². The molecule has 196 valence electrons. The lowest BCUT2D eigenvalue weighted by atomic mass is 10.4. The zero-order chi connectivity index (χ0) is 27.4. The van der Waals surface area contributed by atoms with Crippen LogP contribution in [0.5, 0.6) is 0 Å². The van der Waals surface area contributed by atoms with E-state index in [9.17, 15) is 73.7 Å². The zero-order valence-corrected chi connectivity index (χ0v) is 17.8. The molecule has 0 bridgehead atoms. The number of sulfone groups is 2. The van der Waals surface area contributed by atoms with Crippen LogP contribution in [0.2, 0.25) is 0 Å². The number of alkyl halides is 10. The molecule has 0 heterocycles. The lowest BCUT2D eigenvalue weighted by Crippen LogP contribution is -2.39. The lowest BCUT2D eigenvalue weighted by Gasteiger charge is -2.30. The Morgan fingerprint density at radius 2 is 0.938 bits per heavy atom. The van der Waals surface area contributed by atoms with Gasteiger partial charge in [0.2, 0.25) is 0 Å². The van der Waals surface area contributed by atoms with Crippen molar-refractivity contribution < 1.29 is 83.6 Å². The van der Waals surface area contributed by atoms with Crippen molar-refractivity contribution in [1.29, 1.82) is 0 Å².